The number of phenolic OH excluding ortho intramolecular Hbond substituents is 1. The number of likely N-dealkylation sites (N-methyl/N-ethyl adjacent to an activating group) is 1. The molecule has 1 amide bonds. The zero-order valence-corrected chi connectivity index (χ0v) is 30.2. The molecule has 0 spiro atoms. The molecule has 4 N–H and O–H groups in total. The minimum atomic E-state index is -0.786. The molecule has 1 aliphatic heterocycles. The van der Waals surface area contributed by atoms with Gasteiger partial charge < -0.3 is 35.0 Å². The highest BCUT2D eigenvalue weighted by Crippen LogP contribution is 2.42. The Labute approximate surface area is 314 Å². The zero-order valence-electron chi connectivity index (χ0n) is 30.2. The van der Waals surface area contributed by atoms with Gasteiger partial charge in [-0.05, 0) is 64.7 Å². The normalized spacial score (nSPS) is 19.1. The second-order valence-corrected chi connectivity index (χ2v) is 13.9. The molecule has 10 nitrogen and oxygen atoms in total. The Hall–Kier alpha value is -5.49. The number of amides is 1. The number of benzene rings is 5. The SMILES string of the molecule is C[C@H]1[C@@H](CN(C)C[C@@H](O)c2cccc(O)c2)O[C@@H](c2ccc(-c3ccccc3CNC(=O)c3cnc4ccccc4n3)cc2)O[C@H]1c1ccc(CO)cc1. The summed E-state index contributed by atoms with van der Waals surface area (Å²) in [5.41, 5.74) is 7.89. The van der Waals surface area contributed by atoms with Gasteiger partial charge in [0.15, 0.2) is 6.29 Å². The summed E-state index contributed by atoms with van der Waals surface area (Å²) in [6.07, 6.45) is -0.488. The molecule has 54 heavy (non-hydrogen) atoms. The molecule has 2 heterocycles. The molecule has 276 valence electrons. The lowest BCUT2D eigenvalue weighted by atomic mass is 9.90. The van der Waals surface area contributed by atoms with E-state index in [0.717, 1.165) is 38.9 Å². The first kappa shape index (κ1) is 36.9. The van der Waals surface area contributed by atoms with Crippen LogP contribution in [-0.4, -0.2) is 62.3 Å². The van der Waals surface area contributed by atoms with Gasteiger partial charge in [-0.2, -0.15) is 0 Å². The minimum absolute atomic E-state index is 0.0384. The third kappa shape index (κ3) is 8.49. The summed E-state index contributed by atoms with van der Waals surface area (Å²) in [4.78, 5) is 23.9. The van der Waals surface area contributed by atoms with Crippen LogP contribution in [0.2, 0.25) is 0 Å². The monoisotopic (exact) mass is 724 g/mol. The first-order valence-electron chi connectivity index (χ1n) is 18.1. The number of carbonyl (C=O) groups excluding carboxylic acids is 1. The zero-order chi connectivity index (χ0) is 37.6. The summed E-state index contributed by atoms with van der Waals surface area (Å²) in [5, 5.41) is 33.5. The molecular weight excluding hydrogens is 681 g/mol. The van der Waals surface area contributed by atoms with E-state index in [2.05, 4.69) is 22.2 Å². The van der Waals surface area contributed by atoms with Gasteiger partial charge in [-0.3, -0.25) is 9.78 Å². The fourth-order valence-electron chi connectivity index (χ4n) is 6.95. The van der Waals surface area contributed by atoms with E-state index in [1.807, 2.05) is 109 Å². The topological polar surface area (TPSA) is 137 Å². The van der Waals surface area contributed by atoms with E-state index >= 15 is 0 Å². The second kappa shape index (κ2) is 16.7. The summed E-state index contributed by atoms with van der Waals surface area (Å²) < 4.78 is 13.4. The van der Waals surface area contributed by atoms with Crippen molar-refractivity contribution in [1.29, 1.82) is 0 Å². The molecular formula is C44H44N4O6. The van der Waals surface area contributed by atoms with Gasteiger partial charge in [0.05, 0.1) is 42.1 Å². The number of ether oxygens (including phenoxy) is 2. The fraction of sp³-hybridized carbons (Fsp3) is 0.250. The molecule has 5 aromatic carbocycles. The van der Waals surface area contributed by atoms with Gasteiger partial charge in [0.1, 0.15) is 11.4 Å². The molecule has 0 unspecified atom stereocenters. The Kier molecular flexibility index (Phi) is 11.4. The van der Waals surface area contributed by atoms with Crippen LogP contribution in [0.4, 0.5) is 0 Å². The average Bonchev–Trinajstić information content (AvgIpc) is 3.20. The molecule has 0 aliphatic carbocycles. The van der Waals surface area contributed by atoms with Crippen molar-refractivity contribution in [1.82, 2.24) is 20.2 Å². The van der Waals surface area contributed by atoms with Crippen molar-refractivity contribution in [2.24, 2.45) is 5.92 Å². The van der Waals surface area contributed by atoms with E-state index < -0.39 is 12.4 Å². The minimum Gasteiger partial charge on any atom is -0.508 e. The number of fused-ring (bicyclic) bond motifs is 1. The van der Waals surface area contributed by atoms with Crippen LogP contribution in [0.5, 0.6) is 5.75 Å². The summed E-state index contributed by atoms with van der Waals surface area (Å²) in [6, 6.07) is 38.0. The number of rotatable bonds is 12. The Bertz CT molecular complexity index is 2200. The molecule has 1 aliphatic rings. The second-order valence-electron chi connectivity index (χ2n) is 13.9. The van der Waals surface area contributed by atoms with Gasteiger partial charge in [-0.25, -0.2) is 4.98 Å². The number of phenols is 1. The number of hydrogen-bond acceptors (Lipinski definition) is 9. The highest BCUT2D eigenvalue weighted by Gasteiger charge is 2.39. The molecule has 6 aromatic rings. The summed E-state index contributed by atoms with van der Waals surface area (Å²) >= 11 is 0. The van der Waals surface area contributed by atoms with Crippen molar-refractivity contribution in [2.75, 3.05) is 20.1 Å². The van der Waals surface area contributed by atoms with E-state index in [1.165, 1.54) is 6.20 Å². The molecule has 0 saturated carbocycles. The summed E-state index contributed by atoms with van der Waals surface area (Å²) in [6.45, 7) is 3.26. The van der Waals surface area contributed by atoms with Crippen LogP contribution < -0.4 is 5.32 Å². The summed E-state index contributed by atoms with van der Waals surface area (Å²) in [7, 11) is 1.95. The van der Waals surface area contributed by atoms with Crippen molar-refractivity contribution >= 4 is 16.9 Å². The van der Waals surface area contributed by atoms with Crippen LogP contribution >= 0.6 is 0 Å². The van der Waals surface area contributed by atoms with Crippen molar-refractivity contribution < 1.29 is 29.6 Å². The van der Waals surface area contributed by atoms with Gasteiger partial charge in [0, 0.05) is 31.1 Å². The highest BCUT2D eigenvalue weighted by molar-refractivity contribution is 5.93. The molecule has 1 fully saturated rings. The lowest BCUT2D eigenvalue weighted by Crippen LogP contribution is -2.44. The van der Waals surface area contributed by atoms with E-state index in [0.29, 0.717) is 30.7 Å². The number of aromatic hydroxyl groups is 1. The van der Waals surface area contributed by atoms with Crippen LogP contribution in [0.15, 0.2) is 128 Å². The van der Waals surface area contributed by atoms with Crippen molar-refractivity contribution in [3.8, 4) is 16.9 Å². The predicted octanol–water partition coefficient (Wildman–Crippen LogP) is 6.88. The quantitative estimate of drug-likeness (QED) is 0.106. The summed E-state index contributed by atoms with van der Waals surface area (Å²) in [5.74, 6) is -0.223. The fourth-order valence-corrected chi connectivity index (χ4v) is 6.95. The lowest BCUT2D eigenvalue weighted by molar-refractivity contribution is -0.276. The Morgan fingerprint density at radius 2 is 1.59 bits per heavy atom. The maximum absolute atomic E-state index is 13.1. The first-order chi connectivity index (χ1) is 26.2. The molecule has 10 heteroatoms. The molecule has 1 aromatic heterocycles. The molecule has 7 rings (SSSR count). The van der Waals surface area contributed by atoms with Crippen molar-refractivity contribution in [3.63, 3.8) is 0 Å². The van der Waals surface area contributed by atoms with Gasteiger partial charge in [-0.15, -0.1) is 0 Å². The van der Waals surface area contributed by atoms with Crippen molar-refractivity contribution in [3.05, 3.63) is 161 Å². The average molecular weight is 725 g/mol. The number of carbonyl (C=O) groups is 1. The molecule has 5 atom stereocenters. The van der Waals surface area contributed by atoms with Crippen LogP contribution in [-0.2, 0) is 22.6 Å². The smallest absolute Gasteiger partial charge is 0.271 e. The molecule has 0 radical (unpaired) electrons. The van der Waals surface area contributed by atoms with Crippen molar-refractivity contribution in [2.45, 2.75) is 44.7 Å². The van der Waals surface area contributed by atoms with Crippen LogP contribution in [0.3, 0.4) is 0 Å². The van der Waals surface area contributed by atoms with Crippen LogP contribution in [0.1, 0.15) is 63.7 Å². The van der Waals surface area contributed by atoms with Gasteiger partial charge in [0.2, 0.25) is 0 Å². The number of aromatic nitrogens is 2. The number of nitrogens with zero attached hydrogens (tertiary/aromatic N) is 3. The Morgan fingerprint density at radius 3 is 2.35 bits per heavy atom. The number of hydrogen-bond donors (Lipinski definition) is 4. The third-order valence-electron chi connectivity index (χ3n) is 9.99. The van der Waals surface area contributed by atoms with Gasteiger partial charge in [0.25, 0.3) is 5.91 Å². The number of para-hydroxylation sites is 2. The predicted molar refractivity (Wildman–Crippen MR) is 206 cm³/mol. The number of nitrogens with one attached hydrogen (secondary N) is 1. The first-order valence-corrected chi connectivity index (χ1v) is 18.1. The number of aliphatic hydroxyl groups is 2. The highest BCUT2D eigenvalue weighted by atomic mass is 16.7. The van der Waals surface area contributed by atoms with E-state index in [-0.39, 0.29) is 42.1 Å². The van der Waals surface area contributed by atoms with Crippen LogP contribution in [0, 0.1) is 5.92 Å². The maximum atomic E-state index is 13.1. The Morgan fingerprint density at radius 1 is 0.870 bits per heavy atom. The Balaban J connectivity index is 1.08. The van der Waals surface area contributed by atoms with E-state index in [9.17, 15) is 20.1 Å². The van der Waals surface area contributed by atoms with Crippen LogP contribution in [0.25, 0.3) is 22.2 Å². The maximum Gasteiger partial charge on any atom is 0.271 e. The lowest BCUT2D eigenvalue weighted by Gasteiger charge is -2.42. The van der Waals surface area contributed by atoms with Gasteiger partial charge in [-0.1, -0.05) is 104 Å². The van der Waals surface area contributed by atoms with E-state index in [4.69, 9.17) is 9.47 Å². The molecule has 0 bridgehead atoms. The number of aliphatic hydroxyl groups excluding tert-OH is 2. The van der Waals surface area contributed by atoms with Gasteiger partial charge >= 0.3 is 0 Å². The standard InChI is InChI=1S/C44H44N4O6/c1-28-41(26-48(2)25-40(51)33-9-7-10-35(50)22-33)53-44(54-42(28)31-16-14-29(27-49)15-17-31)32-20-18-30(19-21-32)36-11-4-3-8-34(36)23-46-43(52)39-24-45-37-12-5-6-13-38(37)47-39/h3-22,24,28,40-42,44,49-51H,23,25-27H2,1-2H3,(H,46,52)/t28-,40+,41+,42+,44+/m0/s1. The largest absolute Gasteiger partial charge is 0.508 e. The molecule has 1 saturated heterocycles. The van der Waals surface area contributed by atoms with E-state index in [1.54, 1.807) is 24.3 Å². The third-order valence-corrected chi connectivity index (χ3v) is 9.99.